The van der Waals surface area contributed by atoms with Crippen molar-refractivity contribution >= 4 is 28.4 Å². The molecule has 0 saturated carbocycles. The fourth-order valence-corrected chi connectivity index (χ4v) is 1.92. The second-order valence-electron chi connectivity index (χ2n) is 3.90. The third kappa shape index (κ3) is 3.96. The summed E-state index contributed by atoms with van der Waals surface area (Å²) in [5.41, 5.74) is 0.656. The largest absolute Gasteiger partial charge is 0.497 e. The van der Waals surface area contributed by atoms with Crippen molar-refractivity contribution in [2.75, 3.05) is 13.7 Å². The molecular formula is C15H13IO3. The average molecular weight is 368 g/mol. The lowest BCUT2D eigenvalue weighted by Gasteiger charge is -2.07. The third-order valence-electron chi connectivity index (χ3n) is 2.58. The second kappa shape index (κ2) is 6.56. The molecule has 0 fully saturated rings. The molecule has 2 aromatic rings. The van der Waals surface area contributed by atoms with Crippen LogP contribution in [0.1, 0.15) is 10.4 Å². The zero-order chi connectivity index (χ0) is 13.7. The summed E-state index contributed by atoms with van der Waals surface area (Å²) in [5, 5.41) is 0. The van der Waals surface area contributed by atoms with E-state index in [9.17, 15) is 4.79 Å². The van der Waals surface area contributed by atoms with Crippen molar-refractivity contribution in [3.63, 3.8) is 0 Å². The number of hydrogen-bond acceptors (Lipinski definition) is 3. The molecule has 98 valence electrons. The van der Waals surface area contributed by atoms with Crippen LogP contribution in [0, 0.1) is 3.57 Å². The summed E-state index contributed by atoms with van der Waals surface area (Å²) in [6.07, 6.45) is 0. The van der Waals surface area contributed by atoms with Crippen molar-refractivity contribution in [3.05, 3.63) is 57.7 Å². The van der Waals surface area contributed by atoms with E-state index in [2.05, 4.69) is 22.6 Å². The van der Waals surface area contributed by atoms with Gasteiger partial charge in [-0.1, -0.05) is 18.2 Å². The van der Waals surface area contributed by atoms with E-state index >= 15 is 0 Å². The molecule has 3 nitrogen and oxygen atoms in total. The van der Waals surface area contributed by atoms with Crippen molar-refractivity contribution in [1.82, 2.24) is 0 Å². The van der Waals surface area contributed by atoms with Crippen LogP contribution in [0.5, 0.6) is 11.5 Å². The van der Waals surface area contributed by atoms with Crippen molar-refractivity contribution in [2.24, 2.45) is 0 Å². The van der Waals surface area contributed by atoms with Gasteiger partial charge in [0.1, 0.15) is 11.5 Å². The van der Waals surface area contributed by atoms with Crippen LogP contribution in [-0.2, 0) is 0 Å². The van der Waals surface area contributed by atoms with Crippen LogP contribution in [0.3, 0.4) is 0 Å². The van der Waals surface area contributed by atoms with Crippen LogP contribution in [0.15, 0.2) is 48.5 Å². The van der Waals surface area contributed by atoms with Crippen LogP contribution in [0.25, 0.3) is 0 Å². The molecule has 0 aliphatic carbocycles. The standard InChI is InChI=1S/C15H13IO3/c1-18-13-3-2-4-14(9-13)19-10-15(17)11-5-7-12(16)8-6-11/h2-9H,10H2,1H3. The monoisotopic (exact) mass is 368 g/mol. The van der Waals surface area contributed by atoms with Gasteiger partial charge in [0.15, 0.2) is 12.4 Å². The van der Waals surface area contributed by atoms with Crippen LogP contribution in [0.2, 0.25) is 0 Å². The Labute approximate surface area is 125 Å². The molecule has 19 heavy (non-hydrogen) atoms. The van der Waals surface area contributed by atoms with E-state index in [4.69, 9.17) is 9.47 Å². The number of halogens is 1. The van der Waals surface area contributed by atoms with Gasteiger partial charge in [0, 0.05) is 15.2 Å². The topological polar surface area (TPSA) is 35.5 Å². The van der Waals surface area contributed by atoms with Gasteiger partial charge in [-0.2, -0.15) is 0 Å². The summed E-state index contributed by atoms with van der Waals surface area (Å²) in [6.45, 7) is 0.0216. The quantitative estimate of drug-likeness (QED) is 0.598. The molecule has 4 heteroatoms. The van der Waals surface area contributed by atoms with Crippen LogP contribution >= 0.6 is 22.6 Å². The van der Waals surface area contributed by atoms with Crippen LogP contribution in [-0.4, -0.2) is 19.5 Å². The Morgan fingerprint density at radius 1 is 1.11 bits per heavy atom. The molecule has 2 aromatic carbocycles. The first kappa shape index (κ1) is 13.9. The Morgan fingerprint density at radius 3 is 2.47 bits per heavy atom. The van der Waals surface area contributed by atoms with E-state index < -0.39 is 0 Å². The SMILES string of the molecule is COc1cccc(OCC(=O)c2ccc(I)cc2)c1. The summed E-state index contributed by atoms with van der Waals surface area (Å²) in [5.74, 6) is 1.29. The Morgan fingerprint density at radius 2 is 1.79 bits per heavy atom. The first-order valence-corrected chi connectivity index (χ1v) is 6.82. The summed E-state index contributed by atoms with van der Waals surface area (Å²) in [6, 6.07) is 14.6. The van der Waals surface area contributed by atoms with Gasteiger partial charge in [-0.15, -0.1) is 0 Å². The average Bonchev–Trinajstić information content (AvgIpc) is 2.46. The van der Waals surface area contributed by atoms with Crippen molar-refractivity contribution in [2.45, 2.75) is 0 Å². The zero-order valence-corrected chi connectivity index (χ0v) is 12.6. The van der Waals surface area contributed by atoms with Crippen LogP contribution < -0.4 is 9.47 Å². The Balaban J connectivity index is 1.98. The normalized spacial score (nSPS) is 10.0. The summed E-state index contributed by atoms with van der Waals surface area (Å²) in [7, 11) is 1.59. The molecule has 0 spiro atoms. The first-order chi connectivity index (χ1) is 9.19. The number of benzene rings is 2. The highest BCUT2D eigenvalue weighted by molar-refractivity contribution is 14.1. The third-order valence-corrected chi connectivity index (χ3v) is 3.30. The summed E-state index contributed by atoms with van der Waals surface area (Å²) >= 11 is 2.20. The van der Waals surface area contributed by atoms with Crippen molar-refractivity contribution in [1.29, 1.82) is 0 Å². The minimum absolute atomic E-state index is 0.0216. The molecule has 0 amide bonds. The predicted molar refractivity (Wildman–Crippen MR) is 82.0 cm³/mol. The smallest absolute Gasteiger partial charge is 0.200 e. The van der Waals surface area contributed by atoms with Gasteiger partial charge in [0.2, 0.25) is 0 Å². The number of carbonyl (C=O) groups is 1. The number of rotatable bonds is 5. The molecular weight excluding hydrogens is 355 g/mol. The molecule has 0 N–H and O–H groups in total. The zero-order valence-electron chi connectivity index (χ0n) is 10.4. The predicted octanol–water partition coefficient (Wildman–Crippen LogP) is 3.56. The van der Waals surface area contributed by atoms with Gasteiger partial charge < -0.3 is 9.47 Å². The Bertz CT molecular complexity index is 564. The molecule has 0 radical (unpaired) electrons. The number of hydrogen-bond donors (Lipinski definition) is 0. The molecule has 0 aliphatic rings. The lowest BCUT2D eigenvalue weighted by atomic mass is 10.1. The maximum absolute atomic E-state index is 11.9. The number of ketones is 1. The van der Waals surface area contributed by atoms with E-state index in [1.807, 2.05) is 24.3 Å². The molecule has 0 atom stereocenters. The van der Waals surface area contributed by atoms with E-state index in [1.165, 1.54) is 0 Å². The first-order valence-electron chi connectivity index (χ1n) is 5.74. The van der Waals surface area contributed by atoms with Gasteiger partial charge in [0.25, 0.3) is 0 Å². The molecule has 0 bridgehead atoms. The number of Topliss-reactive ketones (excluding diaryl/α,β-unsaturated/α-hetero) is 1. The molecule has 2 rings (SSSR count). The van der Waals surface area contributed by atoms with Gasteiger partial charge in [-0.05, 0) is 46.9 Å². The van der Waals surface area contributed by atoms with Crippen LogP contribution in [0.4, 0.5) is 0 Å². The fourth-order valence-electron chi connectivity index (χ4n) is 1.56. The van der Waals surface area contributed by atoms with E-state index in [-0.39, 0.29) is 12.4 Å². The summed E-state index contributed by atoms with van der Waals surface area (Å²) < 4.78 is 11.7. The minimum atomic E-state index is -0.0424. The Kier molecular flexibility index (Phi) is 4.79. The highest BCUT2D eigenvalue weighted by Gasteiger charge is 2.07. The lowest BCUT2D eigenvalue weighted by molar-refractivity contribution is 0.0921. The van der Waals surface area contributed by atoms with Gasteiger partial charge in [-0.3, -0.25) is 4.79 Å². The van der Waals surface area contributed by atoms with Gasteiger partial charge in [0.05, 0.1) is 7.11 Å². The van der Waals surface area contributed by atoms with Crippen molar-refractivity contribution < 1.29 is 14.3 Å². The maximum atomic E-state index is 11.9. The minimum Gasteiger partial charge on any atom is -0.497 e. The fraction of sp³-hybridized carbons (Fsp3) is 0.133. The molecule has 0 aliphatic heterocycles. The highest BCUT2D eigenvalue weighted by Crippen LogP contribution is 2.19. The van der Waals surface area contributed by atoms with Gasteiger partial charge >= 0.3 is 0 Å². The number of methoxy groups -OCH3 is 1. The molecule has 0 saturated heterocycles. The summed E-state index contributed by atoms with van der Waals surface area (Å²) in [4.78, 5) is 11.9. The van der Waals surface area contributed by atoms with Gasteiger partial charge in [-0.25, -0.2) is 0 Å². The van der Waals surface area contributed by atoms with E-state index in [0.717, 1.165) is 3.57 Å². The Hall–Kier alpha value is -1.56. The highest BCUT2D eigenvalue weighted by atomic mass is 127. The molecule has 0 heterocycles. The van der Waals surface area contributed by atoms with E-state index in [1.54, 1.807) is 31.4 Å². The molecule has 0 unspecified atom stereocenters. The lowest BCUT2D eigenvalue weighted by Crippen LogP contribution is -2.11. The number of carbonyl (C=O) groups excluding carboxylic acids is 1. The maximum Gasteiger partial charge on any atom is 0.200 e. The van der Waals surface area contributed by atoms with E-state index in [0.29, 0.717) is 17.1 Å². The molecule has 0 aromatic heterocycles. The second-order valence-corrected chi connectivity index (χ2v) is 5.14. The number of ether oxygens (including phenoxy) is 2. The van der Waals surface area contributed by atoms with Crippen molar-refractivity contribution in [3.8, 4) is 11.5 Å².